The lowest BCUT2D eigenvalue weighted by molar-refractivity contribution is -0.0858. The first-order valence-corrected chi connectivity index (χ1v) is 6.54. The number of carbonyl (C=O) groups is 1. The van der Waals surface area contributed by atoms with Crippen molar-refractivity contribution in [3.05, 3.63) is 23.5 Å². The second-order valence-electron chi connectivity index (χ2n) is 4.98. The van der Waals surface area contributed by atoms with Gasteiger partial charge in [-0.1, -0.05) is 0 Å². The number of anilines is 1. The summed E-state index contributed by atoms with van der Waals surface area (Å²) in [6.07, 6.45) is 1.05. The minimum absolute atomic E-state index is 0.109. The summed E-state index contributed by atoms with van der Waals surface area (Å²) in [5.74, 6) is 5.29. The van der Waals surface area contributed by atoms with Gasteiger partial charge >= 0.3 is 0 Å². The Morgan fingerprint density at radius 2 is 2.40 bits per heavy atom. The standard InChI is InChI=1S/C13H20N4O3/c1-8-3-12(16-14)11(4-15-8)13(19)17-5-9(2)20-10(6-17)7-18/h3-4,9-10,18H,5-7,14H2,1-2H3,(H,15,16). The zero-order chi connectivity index (χ0) is 14.7. The smallest absolute Gasteiger partial charge is 0.257 e. The van der Waals surface area contributed by atoms with Crippen LogP contribution in [0.4, 0.5) is 5.69 Å². The van der Waals surface area contributed by atoms with Gasteiger partial charge in [-0.25, -0.2) is 0 Å². The number of morpholine rings is 1. The molecule has 2 atom stereocenters. The molecule has 1 fully saturated rings. The van der Waals surface area contributed by atoms with Crippen LogP contribution >= 0.6 is 0 Å². The molecule has 1 saturated heterocycles. The SMILES string of the molecule is Cc1cc(NN)c(C(=O)N2CC(C)OC(CO)C2)cn1. The lowest BCUT2D eigenvalue weighted by Crippen LogP contribution is -2.50. The van der Waals surface area contributed by atoms with Gasteiger partial charge < -0.3 is 20.2 Å². The van der Waals surface area contributed by atoms with Gasteiger partial charge in [0, 0.05) is 25.0 Å². The number of hydrogen-bond donors (Lipinski definition) is 3. The third-order valence-corrected chi connectivity index (χ3v) is 3.24. The second kappa shape index (κ2) is 6.17. The van der Waals surface area contributed by atoms with E-state index in [1.165, 1.54) is 6.20 Å². The summed E-state index contributed by atoms with van der Waals surface area (Å²) in [4.78, 5) is 18.3. The first kappa shape index (κ1) is 14.7. The molecule has 2 rings (SSSR count). The molecule has 2 unspecified atom stereocenters. The molecule has 0 aromatic carbocycles. The van der Waals surface area contributed by atoms with Crippen molar-refractivity contribution in [1.82, 2.24) is 9.88 Å². The van der Waals surface area contributed by atoms with Crippen molar-refractivity contribution in [3.63, 3.8) is 0 Å². The number of nitrogens with one attached hydrogen (secondary N) is 1. The van der Waals surface area contributed by atoms with Gasteiger partial charge in [0.25, 0.3) is 5.91 Å². The van der Waals surface area contributed by atoms with Crippen LogP contribution in [0.3, 0.4) is 0 Å². The number of aliphatic hydroxyl groups is 1. The fraction of sp³-hybridized carbons (Fsp3) is 0.538. The van der Waals surface area contributed by atoms with Crippen LogP contribution < -0.4 is 11.3 Å². The maximum Gasteiger partial charge on any atom is 0.257 e. The lowest BCUT2D eigenvalue weighted by atomic mass is 10.1. The Labute approximate surface area is 117 Å². The zero-order valence-electron chi connectivity index (χ0n) is 11.7. The molecular formula is C13H20N4O3. The number of amides is 1. The van der Waals surface area contributed by atoms with Crippen LogP contribution in [-0.2, 0) is 4.74 Å². The average molecular weight is 280 g/mol. The number of nitrogens with zero attached hydrogens (tertiary/aromatic N) is 2. The summed E-state index contributed by atoms with van der Waals surface area (Å²) >= 11 is 0. The minimum atomic E-state index is -0.351. The number of rotatable bonds is 3. The predicted octanol–water partition coefficient (Wildman–Crippen LogP) is -0.103. The monoisotopic (exact) mass is 280 g/mol. The number of aromatic nitrogens is 1. The number of nitrogens with two attached hydrogens (primary N) is 1. The fourth-order valence-corrected chi connectivity index (χ4v) is 2.33. The molecule has 1 aliphatic heterocycles. The Balaban J connectivity index is 2.22. The molecule has 0 saturated carbocycles. The van der Waals surface area contributed by atoms with Crippen molar-refractivity contribution in [2.75, 3.05) is 25.1 Å². The van der Waals surface area contributed by atoms with Crippen molar-refractivity contribution >= 4 is 11.6 Å². The third kappa shape index (κ3) is 3.06. The number of nitrogen functional groups attached to an aromatic ring is 1. The molecule has 110 valence electrons. The summed E-state index contributed by atoms with van der Waals surface area (Å²) in [5, 5.41) is 9.21. The van der Waals surface area contributed by atoms with Crippen LogP contribution in [0.15, 0.2) is 12.3 Å². The van der Waals surface area contributed by atoms with Gasteiger partial charge in [-0.3, -0.25) is 15.6 Å². The van der Waals surface area contributed by atoms with E-state index in [9.17, 15) is 9.90 Å². The number of carbonyl (C=O) groups excluding carboxylic acids is 1. The van der Waals surface area contributed by atoms with Gasteiger partial charge in [0.05, 0.1) is 30.1 Å². The molecule has 0 spiro atoms. The number of ether oxygens (including phenoxy) is 1. The molecule has 2 heterocycles. The number of aliphatic hydroxyl groups excluding tert-OH is 1. The molecule has 1 aromatic rings. The molecule has 1 aliphatic rings. The normalized spacial score (nSPS) is 22.7. The van der Waals surface area contributed by atoms with E-state index in [0.717, 1.165) is 5.69 Å². The molecule has 1 amide bonds. The van der Waals surface area contributed by atoms with Gasteiger partial charge in [0.15, 0.2) is 0 Å². The Bertz CT molecular complexity index is 495. The maximum atomic E-state index is 12.6. The molecule has 4 N–H and O–H groups in total. The topological polar surface area (TPSA) is 101 Å². The first-order valence-electron chi connectivity index (χ1n) is 6.54. The maximum absolute atomic E-state index is 12.6. The Kier molecular flexibility index (Phi) is 4.53. The van der Waals surface area contributed by atoms with E-state index in [-0.39, 0.29) is 24.7 Å². The van der Waals surface area contributed by atoms with Gasteiger partial charge in [0.2, 0.25) is 0 Å². The van der Waals surface area contributed by atoms with Gasteiger partial charge in [-0.15, -0.1) is 0 Å². The lowest BCUT2D eigenvalue weighted by Gasteiger charge is -2.36. The molecule has 1 aromatic heterocycles. The summed E-state index contributed by atoms with van der Waals surface area (Å²) in [5.41, 5.74) is 4.26. The largest absolute Gasteiger partial charge is 0.394 e. The van der Waals surface area contributed by atoms with E-state index >= 15 is 0 Å². The third-order valence-electron chi connectivity index (χ3n) is 3.24. The van der Waals surface area contributed by atoms with Crippen LogP contribution in [0.5, 0.6) is 0 Å². The number of hydrazine groups is 1. The van der Waals surface area contributed by atoms with Crippen molar-refractivity contribution in [2.45, 2.75) is 26.1 Å². The number of aryl methyl sites for hydroxylation is 1. The number of pyridine rings is 1. The van der Waals surface area contributed by atoms with Crippen LogP contribution in [-0.4, -0.2) is 52.8 Å². The van der Waals surface area contributed by atoms with E-state index < -0.39 is 0 Å². The van der Waals surface area contributed by atoms with Crippen LogP contribution in [0.1, 0.15) is 23.0 Å². The van der Waals surface area contributed by atoms with E-state index in [0.29, 0.717) is 24.3 Å². The average Bonchev–Trinajstić information content (AvgIpc) is 2.45. The Morgan fingerprint density at radius 1 is 1.65 bits per heavy atom. The van der Waals surface area contributed by atoms with Gasteiger partial charge in [-0.05, 0) is 19.9 Å². The molecule has 0 bridgehead atoms. The van der Waals surface area contributed by atoms with E-state index in [1.54, 1.807) is 11.0 Å². The van der Waals surface area contributed by atoms with Gasteiger partial charge in [-0.2, -0.15) is 0 Å². The van der Waals surface area contributed by atoms with E-state index in [1.807, 2.05) is 13.8 Å². The number of hydrogen-bond acceptors (Lipinski definition) is 6. The van der Waals surface area contributed by atoms with Crippen molar-refractivity contribution < 1.29 is 14.6 Å². The molecule has 20 heavy (non-hydrogen) atoms. The van der Waals surface area contributed by atoms with Crippen LogP contribution in [0, 0.1) is 6.92 Å². The van der Waals surface area contributed by atoms with Gasteiger partial charge in [0.1, 0.15) is 0 Å². The van der Waals surface area contributed by atoms with Crippen LogP contribution in [0.2, 0.25) is 0 Å². The highest BCUT2D eigenvalue weighted by Crippen LogP contribution is 2.19. The highest BCUT2D eigenvalue weighted by molar-refractivity contribution is 5.99. The quantitative estimate of drug-likeness (QED) is 0.528. The predicted molar refractivity (Wildman–Crippen MR) is 74.1 cm³/mol. The molecule has 7 nitrogen and oxygen atoms in total. The fourth-order valence-electron chi connectivity index (χ4n) is 2.33. The van der Waals surface area contributed by atoms with Crippen molar-refractivity contribution in [1.29, 1.82) is 0 Å². The highest BCUT2D eigenvalue weighted by atomic mass is 16.5. The van der Waals surface area contributed by atoms with E-state index in [2.05, 4.69) is 10.4 Å². The van der Waals surface area contributed by atoms with Crippen molar-refractivity contribution in [2.24, 2.45) is 5.84 Å². The molecule has 0 radical (unpaired) electrons. The molecular weight excluding hydrogens is 260 g/mol. The zero-order valence-corrected chi connectivity index (χ0v) is 11.7. The summed E-state index contributed by atoms with van der Waals surface area (Å²) in [7, 11) is 0. The summed E-state index contributed by atoms with van der Waals surface area (Å²) in [6.45, 7) is 4.43. The second-order valence-corrected chi connectivity index (χ2v) is 4.98. The van der Waals surface area contributed by atoms with Crippen molar-refractivity contribution in [3.8, 4) is 0 Å². The highest BCUT2D eigenvalue weighted by Gasteiger charge is 2.29. The Hall–Kier alpha value is -1.70. The van der Waals surface area contributed by atoms with E-state index in [4.69, 9.17) is 10.6 Å². The molecule has 7 heteroatoms. The summed E-state index contributed by atoms with van der Waals surface area (Å²) < 4.78 is 5.53. The first-order chi connectivity index (χ1) is 9.55. The minimum Gasteiger partial charge on any atom is -0.394 e. The molecule has 0 aliphatic carbocycles. The summed E-state index contributed by atoms with van der Waals surface area (Å²) in [6, 6.07) is 1.72. The Morgan fingerprint density at radius 3 is 3.05 bits per heavy atom. The van der Waals surface area contributed by atoms with Crippen LogP contribution in [0.25, 0.3) is 0 Å².